The molecule has 356 valence electrons. The van der Waals surface area contributed by atoms with Crippen LogP contribution in [0.2, 0.25) is 26.2 Å². The maximum absolute atomic E-state index is 2.56. The molecule has 0 fully saturated rings. The molecule has 2 nitrogen and oxygen atoms in total. The SMILES string of the molecule is CC(C)(C)c1ccc(N(c2ccc(C(C)(C)C)cc2)c2ccc3c(c2)[Si](C)(C)c2ccc4c5c(ccc4c2-3)[Si](C)(C)c2cc(N(c3ccc(C(C)(C)C)cc3)c3ccc(C(C)(C)C)cc3)ccc2-5)cc1. The first-order valence-corrected chi connectivity index (χ1v) is 31.7. The van der Waals surface area contributed by atoms with Crippen molar-refractivity contribution in [3.63, 3.8) is 0 Å². The summed E-state index contributed by atoms with van der Waals surface area (Å²) in [5, 5.41) is 8.88. The maximum Gasteiger partial charge on any atom is 0.113 e. The van der Waals surface area contributed by atoms with Crippen molar-refractivity contribution in [2.45, 2.75) is 131 Å². The highest BCUT2D eigenvalue weighted by Gasteiger charge is 2.42. The molecule has 10 rings (SSSR count). The normalized spacial score (nSPS) is 14.8. The van der Waals surface area contributed by atoms with Crippen LogP contribution in [0.3, 0.4) is 0 Å². The second kappa shape index (κ2) is 16.3. The lowest BCUT2D eigenvalue weighted by Crippen LogP contribution is -2.49. The standard InChI is InChI=1S/C66H74N2Si2/c1-63(2,3)43-17-25-47(26-18-43)67(48-27-19-44(20-28-48)64(4,5)6)51-33-35-55-59(41-51)69(13,14)57-39-37-54-53(61(55)57)38-40-58-62(54)56-36-34-52(42-60(56)70(58,15)16)68(49-29-21-45(22-30-49)65(7,8)9)50-31-23-46(24-32-50)66(10,11)12/h17-42H,1-16H3. The maximum atomic E-state index is 2.56. The molecule has 0 N–H and O–H groups in total. The molecule has 2 aliphatic heterocycles. The summed E-state index contributed by atoms with van der Waals surface area (Å²) in [6.45, 7) is 37.8. The first-order valence-electron chi connectivity index (χ1n) is 25.7. The Kier molecular flexibility index (Phi) is 11.1. The number of hydrogen-bond donors (Lipinski definition) is 0. The lowest BCUT2D eigenvalue weighted by atomic mass is 9.86. The third-order valence-corrected chi connectivity index (χ3v) is 23.0. The Morgan fingerprint density at radius 2 is 0.514 bits per heavy atom. The highest BCUT2D eigenvalue weighted by Crippen LogP contribution is 2.45. The highest BCUT2D eigenvalue weighted by molar-refractivity contribution is 7.05. The number of hydrogen-bond acceptors (Lipinski definition) is 2. The van der Waals surface area contributed by atoms with Gasteiger partial charge in [-0.05, 0) is 170 Å². The van der Waals surface area contributed by atoms with E-state index in [1.807, 2.05) is 0 Å². The second-order valence-electron chi connectivity index (χ2n) is 25.6. The van der Waals surface area contributed by atoms with Crippen molar-refractivity contribution in [1.29, 1.82) is 0 Å². The number of rotatable bonds is 6. The molecule has 0 radical (unpaired) electrons. The molecule has 0 saturated heterocycles. The Balaban J connectivity index is 1.09. The van der Waals surface area contributed by atoms with Crippen LogP contribution in [0.15, 0.2) is 158 Å². The van der Waals surface area contributed by atoms with E-state index in [-0.39, 0.29) is 21.7 Å². The average molecular weight is 952 g/mol. The fourth-order valence-electron chi connectivity index (χ4n) is 11.5. The second-order valence-corrected chi connectivity index (χ2v) is 34.3. The zero-order chi connectivity index (χ0) is 50.1. The molecule has 8 aromatic rings. The molecule has 70 heavy (non-hydrogen) atoms. The van der Waals surface area contributed by atoms with Crippen LogP contribution < -0.4 is 30.5 Å². The zero-order valence-electron chi connectivity index (χ0n) is 44.9. The van der Waals surface area contributed by atoms with Gasteiger partial charge < -0.3 is 9.80 Å². The van der Waals surface area contributed by atoms with Crippen molar-refractivity contribution in [1.82, 2.24) is 0 Å². The molecule has 0 unspecified atom stereocenters. The van der Waals surface area contributed by atoms with E-state index in [0.717, 1.165) is 0 Å². The third-order valence-electron chi connectivity index (χ3n) is 15.9. The van der Waals surface area contributed by atoms with Gasteiger partial charge in [0.15, 0.2) is 0 Å². The zero-order valence-corrected chi connectivity index (χ0v) is 46.9. The van der Waals surface area contributed by atoms with Gasteiger partial charge in [-0.15, -0.1) is 0 Å². The van der Waals surface area contributed by atoms with Crippen LogP contribution in [0.25, 0.3) is 33.0 Å². The van der Waals surface area contributed by atoms with E-state index in [2.05, 4.69) is 277 Å². The summed E-state index contributed by atoms with van der Waals surface area (Å²) in [5.74, 6) is 0. The van der Waals surface area contributed by atoms with Crippen LogP contribution in [-0.4, -0.2) is 16.1 Å². The van der Waals surface area contributed by atoms with Gasteiger partial charge in [-0.2, -0.15) is 0 Å². The Morgan fingerprint density at radius 1 is 0.271 bits per heavy atom. The van der Waals surface area contributed by atoms with Crippen molar-refractivity contribution < 1.29 is 0 Å². The van der Waals surface area contributed by atoms with E-state index < -0.39 is 16.1 Å². The minimum atomic E-state index is -2.11. The van der Waals surface area contributed by atoms with Crippen molar-refractivity contribution >= 4 is 81.8 Å². The minimum absolute atomic E-state index is 0.0818. The number of anilines is 6. The molecule has 0 bridgehead atoms. The van der Waals surface area contributed by atoms with Crippen LogP contribution >= 0.6 is 0 Å². The average Bonchev–Trinajstić information content (AvgIpc) is 3.67. The van der Waals surface area contributed by atoms with Crippen LogP contribution in [0.1, 0.15) is 105 Å². The first-order chi connectivity index (χ1) is 32.7. The monoisotopic (exact) mass is 951 g/mol. The van der Waals surface area contributed by atoms with Gasteiger partial charge in [0.25, 0.3) is 0 Å². The van der Waals surface area contributed by atoms with Crippen LogP contribution in [-0.2, 0) is 21.7 Å². The molecule has 0 aliphatic carbocycles. The summed E-state index contributed by atoms with van der Waals surface area (Å²) in [5.41, 5.74) is 18.6. The minimum Gasteiger partial charge on any atom is -0.311 e. The van der Waals surface area contributed by atoms with E-state index in [0.29, 0.717) is 0 Å². The van der Waals surface area contributed by atoms with Crippen molar-refractivity contribution in [2.24, 2.45) is 0 Å². The summed E-state index contributed by atoms with van der Waals surface area (Å²) >= 11 is 0. The van der Waals surface area contributed by atoms with Gasteiger partial charge in [0.1, 0.15) is 16.1 Å². The topological polar surface area (TPSA) is 6.48 Å². The van der Waals surface area contributed by atoms with Gasteiger partial charge in [-0.1, -0.05) is 194 Å². The first kappa shape index (κ1) is 47.7. The molecule has 8 aromatic carbocycles. The summed E-state index contributed by atoms with van der Waals surface area (Å²) in [4.78, 5) is 4.94. The predicted octanol–water partition coefficient (Wildman–Crippen LogP) is 16.6. The van der Waals surface area contributed by atoms with Gasteiger partial charge in [-0.25, -0.2) is 0 Å². The van der Waals surface area contributed by atoms with Crippen molar-refractivity contribution in [2.75, 3.05) is 9.80 Å². The van der Waals surface area contributed by atoms with E-state index >= 15 is 0 Å². The van der Waals surface area contributed by atoms with Crippen molar-refractivity contribution in [3.05, 3.63) is 180 Å². The highest BCUT2D eigenvalue weighted by atomic mass is 28.3. The van der Waals surface area contributed by atoms with Gasteiger partial charge in [0.2, 0.25) is 0 Å². The third kappa shape index (κ3) is 8.00. The van der Waals surface area contributed by atoms with E-state index in [9.17, 15) is 0 Å². The van der Waals surface area contributed by atoms with Crippen LogP contribution in [0, 0.1) is 0 Å². The molecular formula is C66H74N2Si2. The molecule has 0 aromatic heterocycles. The summed E-state index contributed by atoms with van der Waals surface area (Å²) in [7, 11) is -4.22. The van der Waals surface area contributed by atoms with Gasteiger partial charge in [-0.3, -0.25) is 0 Å². The van der Waals surface area contributed by atoms with Crippen LogP contribution in [0.5, 0.6) is 0 Å². The van der Waals surface area contributed by atoms with Crippen LogP contribution in [0.4, 0.5) is 34.1 Å². The quantitative estimate of drug-likeness (QED) is 0.153. The van der Waals surface area contributed by atoms with E-state index in [1.165, 1.54) is 99.8 Å². The van der Waals surface area contributed by atoms with E-state index in [4.69, 9.17) is 0 Å². The van der Waals surface area contributed by atoms with Crippen molar-refractivity contribution in [3.8, 4) is 22.3 Å². The molecular weight excluding hydrogens is 877 g/mol. The fourth-order valence-corrected chi connectivity index (χ4v) is 17.6. The largest absolute Gasteiger partial charge is 0.311 e. The summed E-state index contributed by atoms with van der Waals surface area (Å²) in [6, 6.07) is 61.8. The molecule has 0 amide bonds. The number of nitrogens with zero attached hydrogens (tertiary/aromatic N) is 2. The Labute approximate surface area is 422 Å². The molecule has 0 spiro atoms. The Bertz CT molecular complexity index is 2970. The molecule has 4 heteroatoms. The van der Waals surface area contributed by atoms with Gasteiger partial charge >= 0.3 is 0 Å². The summed E-state index contributed by atoms with van der Waals surface area (Å²) < 4.78 is 0. The lowest BCUT2D eigenvalue weighted by Gasteiger charge is -2.29. The number of benzene rings is 8. The van der Waals surface area contributed by atoms with Gasteiger partial charge in [0.05, 0.1) is 0 Å². The molecule has 0 atom stereocenters. The Hall–Kier alpha value is -5.95. The van der Waals surface area contributed by atoms with Gasteiger partial charge in [0, 0.05) is 34.1 Å². The lowest BCUT2D eigenvalue weighted by molar-refractivity contribution is 0.590. The fraction of sp³-hybridized carbons (Fsp3) is 0.303. The molecule has 0 saturated carbocycles. The summed E-state index contributed by atoms with van der Waals surface area (Å²) in [6.07, 6.45) is 0. The Morgan fingerprint density at radius 3 is 0.757 bits per heavy atom. The van der Waals surface area contributed by atoms with E-state index in [1.54, 1.807) is 10.4 Å². The smallest absolute Gasteiger partial charge is 0.113 e. The molecule has 2 heterocycles. The predicted molar refractivity (Wildman–Crippen MR) is 312 cm³/mol. The molecule has 2 aliphatic rings. The number of fused-ring (bicyclic) bond motifs is 9.